The van der Waals surface area contributed by atoms with Crippen molar-refractivity contribution in [3.63, 3.8) is 0 Å². The third kappa shape index (κ3) is 4.47. The van der Waals surface area contributed by atoms with Crippen molar-refractivity contribution in [2.75, 3.05) is 0 Å². The van der Waals surface area contributed by atoms with Gasteiger partial charge in [-0.15, -0.1) is 0 Å². The van der Waals surface area contributed by atoms with Gasteiger partial charge in [0.15, 0.2) is 0 Å². The van der Waals surface area contributed by atoms with Crippen molar-refractivity contribution < 1.29 is 9.90 Å². The Morgan fingerprint density at radius 2 is 1.88 bits per heavy atom. The topological polar surface area (TPSA) is 37.3 Å². The molecule has 0 heterocycles. The van der Waals surface area contributed by atoms with Crippen molar-refractivity contribution in [2.24, 2.45) is 0 Å². The third-order valence-electron chi connectivity index (χ3n) is 2.93. The van der Waals surface area contributed by atoms with E-state index >= 15 is 0 Å². The molecule has 0 aromatic heterocycles. The number of hydrogen-bond donors (Lipinski definition) is 1. The summed E-state index contributed by atoms with van der Waals surface area (Å²) in [6.07, 6.45) is 4.23. The van der Waals surface area contributed by atoms with Crippen molar-refractivity contribution in [1.29, 1.82) is 0 Å². The zero-order valence-corrected chi connectivity index (χ0v) is 10.1. The van der Waals surface area contributed by atoms with E-state index in [9.17, 15) is 4.79 Å². The molecule has 88 valence electrons. The van der Waals surface area contributed by atoms with Crippen LogP contribution in [-0.4, -0.2) is 11.1 Å². The van der Waals surface area contributed by atoms with Crippen LogP contribution in [0.15, 0.2) is 18.2 Å². The smallest absolute Gasteiger partial charge is 0.303 e. The molecule has 1 rings (SSSR count). The molecule has 1 N–H and O–H groups in total. The molecule has 0 atom stereocenters. The first-order chi connectivity index (χ1) is 7.59. The van der Waals surface area contributed by atoms with Gasteiger partial charge in [-0.25, -0.2) is 0 Å². The lowest BCUT2D eigenvalue weighted by molar-refractivity contribution is -0.137. The summed E-state index contributed by atoms with van der Waals surface area (Å²) in [6, 6.07) is 6.55. The maximum atomic E-state index is 10.3. The summed E-state index contributed by atoms with van der Waals surface area (Å²) in [6.45, 7) is 4.25. The van der Waals surface area contributed by atoms with E-state index in [0.717, 1.165) is 25.7 Å². The Morgan fingerprint density at radius 3 is 2.50 bits per heavy atom. The van der Waals surface area contributed by atoms with E-state index < -0.39 is 5.97 Å². The average molecular weight is 220 g/mol. The van der Waals surface area contributed by atoms with Crippen molar-refractivity contribution in [3.8, 4) is 0 Å². The fourth-order valence-electron chi connectivity index (χ4n) is 1.74. The number of unbranched alkanes of at least 4 members (excludes halogenated alkanes) is 2. The van der Waals surface area contributed by atoms with Crippen LogP contribution in [0, 0.1) is 13.8 Å². The molecule has 0 aliphatic rings. The molecule has 16 heavy (non-hydrogen) atoms. The lowest BCUT2D eigenvalue weighted by Crippen LogP contribution is -1.94. The van der Waals surface area contributed by atoms with Crippen LogP contribution < -0.4 is 0 Å². The molecule has 0 bridgehead atoms. The van der Waals surface area contributed by atoms with Crippen LogP contribution in [0.4, 0.5) is 0 Å². The standard InChI is InChI=1S/C14H20O2/c1-11-8-9-13(10-12(11)2)6-4-3-5-7-14(15)16/h8-10H,3-7H2,1-2H3,(H,15,16). The highest BCUT2D eigenvalue weighted by molar-refractivity contribution is 5.66. The fourth-order valence-corrected chi connectivity index (χ4v) is 1.74. The van der Waals surface area contributed by atoms with Gasteiger partial charge in [0.2, 0.25) is 0 Å². The minimum atomic E-state index is -0.689. The average Bonchev–Trinajstić information content (AvgIpc) is 2.22. The molecule has 2 nitrogen and oxygen atoms in total. The molecular formula is C14H20O2. The molecule has 0 fully saturated rings. The van der Waals surface area contributed by atoms with Crippen LogP contribution >= 0.6 is 0 Å². The summed E-state index contributed by atoms with van der Waals surface area (Å²) in [7, 11) is 0. The molecule has 0 aliphatic heterocycles. The summed E-state index contributed by atoms with van der Waals surface area (Å²) >= 11 is 0. The molecule has 0 saturated heterocycles. The van der Waals surface area contributed by atoms with Gasteiger partial charge >= 0.3 is 5.97 Å². The highest BCUT2D eigenvalue weighted by Gasteiger charge is 1.99. The van der Waals surface area contributed by atoms with E-state index in [2.05, 4.69) is 32.0 Å². The number of carbonyl (C=O) groups is 1. The van der Waals surface area contributed by atoms with Crippen molar-refractivity contribution in [3.05, 3.63) is 34.9 Å². The predicted octanol–water partition coefficient (Wildman–Crippen LogP) is 3.49. The van der Waals surface area contributed by atoms with Crippen molar-refractivity contribution in [2.45, 2.75) is 46.0 Å². The van der Waals surface area contributed by atoms with E-state index in [-0.39, 0.29) is 0 Å². The van der Waals surface area contributed by atoms with E-state index in [4.69, 9.17) is 5.11 Å². The first-order valence-electron chi connectivity index (χ1n) is 5.87. The van der Waals surface area contributed by atoms with E-state index in [1.165, 1.54) is 16.7 Å². The maximum absolute atomic E-state index is 10.3. The molecule has 0 aliphatic carbocycles. The zero-order valence-electron chi connectivity index (χ0n) is 10.1. The van der Waals surface area contributed by atoms with Crippen molar-refractivity contribution in [1.82, 2.24) is 0 Å². The summed E-state index contributed by atoms with van der Waals surface area (Å²) in [5.41, 5.74) is 4.02. The highest BCUT2D eigenvalue weighted by Crippen LogP contribution is 2.13. The Balaban J connectivity index is 2.27. The van der Waals surface area contributed by atoms with Gasteiger partial charge in [0, 0.05) is 6.42 Å². The number of carboxylic acids is 1. The number of carboxylic acid groups (broad SMARTS) is 1. The third-order valence-corrected chi connectivity index (χ3v) is 2.93. The number of aliphatic carboxylic acids is 1. The van der Waals surface area contributed by atoms with Crippen LogP contribution in [-0.2, 0) is 11.2 Å². The van der Waals surface area contributed by atoms with Crippen LogP contribution in [0.25, 0.3) is 0 Å². The van der Waals surface area contributed by atoms with Gasteiger partial charge in [-0.2, -0.15) is 0 Å². The molecule has 2 heteroatoms. The highest BCUT2D eigenvalue weighted by atomic mass is 16.4. The predicted molar refractivity (Wildman–Crippen MR) is 65.7 cm³/mol. The minimum absolute atomic E-state index is 0.299. The Hall–Kier alpha value is -1.31. The SMILES string of the molecule is Cc1ccc(CCCCCC(=O)O)cc1C. The number of rotatable bonds is 6. The molecule has 1 aromatic rings. The van der Waals surface area contributed by atoms with Gasteiger partial charge in [-0.1, -0.05) is 24.6 Å². The Bertz CT molecular complexity index is 356. The zero-order chi connectivity index (χ0) is 12.0. The van der Waals surface area contributed by atoms with Crippen LogP contribution in [0.3, 0.4) is 0 Å². The molecule has 0 spiro atoms. The van der Waals surface area contributed by atoms with Gasteiger partial charge in [0.1, 0.15) is 0 Å². The Kier molecular flexibility index (Phi) is 5.03. The molecule has 0 unspecified atom stereocenters. The van der Waals surface area contributed by atoms with Gasteiger partial charge in [0.05, 0.1) is 0 Å². The first-order valence-corrected chi connectivity index (χ1v) is 5.87. The quantitative estimate of drug-likeness (QED) is 0.745. The van der Waals surface area contributed by atoms with Gasteiger partial charge < -0.3 is 5.11 Å². The summed E-state index contributed by atoms with van der Waals surface area (Å²) in [4.78, 5) is 10.3. The van der Waals surface area contributed by atoms with Crippen molar-refractivity contribution >= 4 is 5.97 Å². The molecule has 0 saturated carbocycles. The van der Waals surface area contributed by atoms with Crippen LogP contribution in [0.5, 0.6) is 0 Å². The van der Waals surface area contributed by atoms with Gasteiger partial charge in [-0.05, 0) is 49.8 Å². The largest absolute Gasteiger partial charge is 0.481 e. The van der Waals surface area contributed by atoms with E-state index in [0.29, 0.717) is 6.42 Å². The molecule has 0 radical (unpaired) electrons. The molecule has 0 amide bonds. The normalized spacial score (nSPS) is 10.4. The Morgan fingerprint density at radius 1 is 1.12 bits per heavy atom. The fraction of sp³-hybridized carbons (Fsp3) is 0.500. The Labute approximate surface area is 97.3 Å². The van der Waals surface area contributed by atoms with E-state index in [1.54, 1.807) is 0 Å². The van der Waals surface area contributed by atoms with Crippen LogP contribution in [0.1, 0.15) is 42.4 Å². The summed E-state index contributed by atoms with van der Waals surface area (Å²) in [5.74, 6) is -0.689. The number of aryl methyl sites for hydroxylation is 3. The summed E-state index contributed by atoms with van der Waals surface area (Å²) < 4.78 is 0. The van der Waals surface area contributed by atoms with Gasteiger partial charge in [0.25, 0.3) is 0 Å². The number of hydrogen-bond acceptors (Lipinski definition) is 1. The molecule has 1 aromatic carbocycles. The lowest BCUT2D eigenvalue weighted by Gasteiger charge is -2.04. The first kappa shape index (κ1) is 12.8. The number of benzene rings is 1. The second kappa shape index (κ2) is 6.31. The lowest BCUT2D eigenvalue weighted by atomic mass is 10.0. The monoisotopic (exact) mass is 220 g/mol. The second-order valence-electron chi connectivity index (χ2n) is 4.37. The maximum Gasteiger partial charge on any atom is 0.303 e. The van der Waals surface area contributed by atoms with Crippen LogP contribution in [0.2, 0.25) is 0 Å². The second-order valence-corrected chi connectivity index (χ2v) is 4.37. The molecular weight excluding hydrogens is 200 g/mol. The summed E-state index contributed by atoms with van der Waals surface area (Å²) in [5, 5.41) is 8.50. The van der Waals surface area contributed by atoms with Gasteiger partial charge in [-0.3, -0.25) is 4.79 Å². The van der Waals surface area contributed by atoms with E-state index in [1.807, 2.05) is 0 Å². The minimum Gasteiger partial charge on any atom is -0.481 e.